The Morgan fingerprint density at radius 1 is 1.04 bits per heavy atom. The highest BCUT2D eigenvalue weighted by Gasteiger charge is 2.19. The second-order valence-corrected chi connectivity index (χ2v) is 6.44. The first-order valence-electron chi connectivity index (χ1n) is 8.64. The lowest BCUT2D eigenvalue weighted by Crippen LogP contribution is -2.13. The van der Waals surface area contributed by atoms with Crippen molar-refractivity contribution in [2.45, 2.75) is 6.92 Å². The summed E-state index contributed by atoms with van der Waals surface area (Å²) in [6.45, 7) is 1.81. The molecule has 0 atom stereocenters. The van der Waals surface area contributed by atoms with Gasteiger partial charge in [-0.1, -0.05) is 0 Å². The number of carbonyl (C=O) groups is 1. The third kappa shape index (κ3) is 2.82. The van der Waals surface area contributed by atoms with Crippen molar-refractivity contribution in [3.05, 3.63) is 89.2 Å². The molecule has 0 N–H and O–H groups in total. The summed E-state index contributed by atoms with van der Waals surface area (Å²) in [5.41, 5.74) is 4.53. The summed E-state index contributed by atoms with van der Waals surface area (Å²) < 4.78 is 1.63. The monoisotopic (exact) mass is 362 g/mol. The van der Waals surface area contributed by atoms with Crippen molar-refractivity contribution in [2.24, 2.45) is 0 Å². The fourth-order valence-corrected chi connectivity index (χ4v) is 3.28. The molecule has 0 bridgehead atoms. The Morgan fingerprint density at radius 2 is 1.89 bits per heavy atom. The largest absolute Gasteiger partial charge is 0.276 e. The van der Waals surface area contributed by atoms with Crippen molar-refractivity contribution in [1.82, 2.24) is 9.55 Å². The van der Waals surface area contributed by atoms with Crippen LogP contribution in [0.4, 0.5) is 0 Å². The number of hydrogen-bond acceptors (Lipinski definition) is 4. The van der Waals surface area contributed by atoms with E-state index in [2.05, 4.69) is 17.1 Å². The average Bonchev–Trinajstić information content (AvgIpc) is 3.12. The number of carbonyl (C=O) groups excluding carboxylic acids is 1. The van der Waals surface area contributed by atoms with Crippen LogP contribution < -0.4 is 0 Å². The molecule has 0 unspecified atom stereocenters. The Morgan fingerprint density at radius 3 is 2.57 bits per heavy atom. The normalized spacial score (nSPS) is 10.4. The quantitative estimate of drug-likeness (QED) is 0.528. The number of fused-ring (bicyclic) bond motifs is 1. The fourth-order valence-electron chi connectivity index (χ4n) is 3.28. The van der Waals surface area contributed by atoms with Gasteiger partial charge in [0.2, 0.25) is 0 Å². The second kappa shape index (κ2) is 6.83. The van der Waals surface area contributed by atoms with Crippen molar-refractivity contribution in [1.29, 1.82) is 10.5 Å². The molecule has 2 aromatic carbocycles. The van der Waals surface area contributed by atoms with Crippen molar-refractivity contribution < 1.29 is 4.79 Å². The molecule has 0 radical (unpaired) electrons. The molecule has 28 heavy (non-hydrogen) atoms. The van der Waals surface area contributed by atoms with Crippen LogP contribution in [0.5, 0.6) is 0 Å². The Kier molecular flexibility index (Phi) is 4.20. The summed E-state index contributed by atoms with van der Waals surface area (Å²) in [6.07, 6.45) is 3.38. The van der Waals surface area contributed by atoms with E-state index >= 15 is 0 Å². The van der Waals surface area contributed by atoms with Crippen LogP contribution in [0.3, 0.4) is 0 Å². The second-order valence-electron chi connectivity index (χ2n) is 6.44. The van der Waals surface area contributed by atoms with Crippen LogP contribution in [0, 0.1) is 29.6 Å². The maximum atomic E-state index is 13.4. The lowest BCUT2D eigenvalue weighted by molar-refractivity contribution is 0.0966. The first-order valence-corrected chi connectivity index (χ1v) is 8.64. The van der Waals surface area contributed by atoms with E-state index in [1.165, 1.54) is 0 Å². The minimum Gasteiger partial charge on any atom is -0.276 e. The van der Waals surface area contributed by atoms with Gasteiger partial charge in [-0.3, -0.25) is 14.3 Å². The van der Waals surface area contributed by atoms with Gasteiger partial charge in [0.15, 0.2) is 0 Å². The van der Waals surface area contributed by atoms with E-state index in [0.717, 1.165) is 16.5 Å². The highest BCUT2D eigenvalue weighted by molar-refractivity contribution is 6.06. The molecule has 0 aliphatic rings. The number of nitrogens with zero attached hydrogens (tertiary/aromatic N) is 4. The molecule has 0 saturated heterocycles. The molecule has 0 spiro atoms. The van der Waals surface area contributed by atoms with Gasteiger partial charge in [0, 0.05) is 28.9 Å². The summed E-state index contributed by atoms with van der Waals surface area (Å²) in [5.74, 6) is -0.203. The molecule has 0 amide bonds. The first-order chi connectivity index (χ1) is 13.6. The fraction of sp³-hybridized carbons (Fsp3) is 0.0435. The molecule has 5 heteroatoms. The zero-order valence-electron chi connectivity index (χ0n) is 15.0. The van der Waals surface area contributed by atoms with Gasteiger partial charge in [0.1, 0.15) is 0 Å². The minimum atomic E-state index is -0.203. The Hall–Kier alpha value is -4.22. The highest BCUT2D eigenvalue weighted by atomic mass is 16.2. The SMILES string of the molecule is Cc1cc(C(=O)n2c(-c3cccnc3)cc3cc(C#N)ccc32)ccc1C#N. The molecule has 0 aliphatic heterocycles. The third-order valence-corrected chi connectivity index (χ3v) is 4.68. The van der Waals surface area contributed by atoms with Crippen LogP contribution in [0.1, 0.15) is 27.0 Å². The average molecular weight is 362 g/mol. The van der Waals surface area contributed by atoms with Crippen LogP contribution >= 0.6 is 0 Å². The standard InChI is InChI=1S/C23H14N4O/c1-15-9-17(5-6-18(15)13-25)23(28)27-21-7-4-16(12-24)10-20(21)11-22(27)19-3-2-8-26-14-19/h2-11,14H,1H3. The summed E-state index contributed by atoms with van der Waals surface area (Å²) in [4.78, 5) is 17.6. The van der Waals surface area contributed by atoms with Crippen molar-refractivity contribution >= 4 is 16.8 Å². The summed E-state index contributed by atoms with van der Waals surface area (Å²) >= 11 is 0. The van der Waals surface area contributed by atoms with Gasteiger partial charge in [-0.05, 0) is 67.1 Å². The van der Waals surface area contributed by atoms with E-state index in [1.807, 2.05) is 25.1 Å². The number of rotatable bonds is 2. The van der Waals surface area contributed by atoms with Gasteiger partial charge in [0.05, 0.1) is 34.5 Å². The van der Waals surface area contributed by atoms with Crippen LogP contribution in [0.15, 0.2) is 67.0 Å². The summed E-state index contributed by atoms with van der Waals surface area (Å²) in [7, 11) is 0. The molecule has 4 aromatic rings. The molecule has 2 aromatic heterocycles. The predicted octanol–water partition coefficient (Wildman–Crippen LogP) is 4.44. The minimum absolute atomic E-state index is 0.203. The van der Waals surface area contributed by atoms with E-state index in [9.17, 15) is 10.1 Å². The number of nitriles is 2. The maximum absolute atomic E-state index is 13.4. The van der Waals surface area contributed by atoms with E-state index < -0.39 is 0 Å². The van der Waals surface area contributed by atoms with E-state index in [-0.39, 0.29) is 5.91 Å². The van der Waals surface area contributed by atoms with E-state index in [0.29, 0.717) is 27.9 Å². The van der Waals surface area contributed by atoms with Crippen molar-refractivity contribution in [3.8, 4) is 23.4 Å². The maximum Gasteiger partial charge on any atom is 0.262 e. The lowest BCUT2D eigenvalue weighted by atomic mass is 10.1. The molecule has 0 fully saturated rings. The first kappa shape index (κ1) is 17.2. The Balaban J connectivity index is 1.96. The van der Waals surface area contributed by atoms with Gasteiger partial charge in [-0.25, -0.2) is 0 Å². The van der Waals surface area contributed by atoms with E-state index in [4.69, 9.17) is 5.26 Å². The van der Waals surface area contributed by atoms with Crippen LogP contribution in [0.25, 0.3) is 22.2 Å². The molecule has 0 saturated carbocycles. The Labute approximate surface area is 161 Å². The van der Waals surface area contributed by atoms with Gasteiger partial charge in [-0.2, -0.15) is 10.5 Å². The number of aryl methyl sites for hydroxylation is 1. The van der Waals surface area contributed by atoms with Crippen LogP contribution in [-0.4, -0.2) is 15.5 Å². The number of pyridine rings is 1. The smallest absolute Gasteiger partial charge is 0.262 e. The van der Waals surface area contributed by atoms with E-state index in [1.54, 1.807) is 53.4 Å². The molecule has 132 valence electrons. The zero-order chi connectivity index (χ0) is 19.7. The summed E-state index contributed by atoms with van der Waals surface area (Å²) in [5, 5.41) is 19.1. The number of hydrogen-bond donors (Lipinski definition) is 0. The molecular formula is C23H14N4O. The van der Waals surface area contributed by atoms with Gasteiger partial charge in [-0.15, -0.1) is 0 Å². The topological polar surface area (TPSA) is 82.5 Å². The predicted molar refractivity (Wildman–Crippen MR) is 106 cm³/mol. The molecule has 2 heterocycles. The Bertz CT molecular complexity index is 1300. The number of aromatic nitrogens is 2. The van der Waals surface area contributed by atoms with Crippen LogP contribution in [0.2, 0.25) is 0 Å². The zero-order valence-corrected chi connectivity index (χ0v) is 15.0. The van der Waals surface area contributed by atoms with Gasteiger partial charge < -0.3 is 0 Å². The molecule has 0 aliphatic carbocycles. The van der Waals surface area contributed by atoms with Crippen molar-refractivity contribution in [3.63, 3.8) is 0 Å². The molecule has 5 nitrogen and oxygen atoms in total. The van der Waals surface area contributed by atoms with Crippen LogP contribution in [-0.2, 0) is 0 Å². The highest BCUT2D eigenvalue weighted by Crippen LogP contribution is 2.29. The third-order valence-electron chi connectivity index (χ3n) is 4.68. The lowest BCUT2D eigenvalue weighted by Gasteiger charge is -2.11. The van der Waals surface area contributed by atoms with Gasteiger partial charge in [0.25, 0.3) is 5.91 Å². The number of benzene rings is 2. The van der Waals surface area contributed by atoms with Crippen molar-refractivity contribution in [2.75, 3.05) is 0 Å². The molecule has 4 rings (SSSR count). The summed E-state index contributed by atoms with van der Waals surface area (Å²) in [6, 6.07) is 20.1. The van der Waals surface area contributed by atoms with Gasteiger partial charge >= 0.3 is 0 Å². The molecular weight excluding hydrogens is 348 g/mol.